The van der Waals surface area contributed by atoms with E-state index in [-0.39, 0.29) is 11.2 Å². The minimum atomic E-state index is -0.252. The Morgan fingerprint density at radius 3 is 2.56 bits per heavy atom. The Hall–Kier alpha value is 0.110. The third-order valence-electron chi connectivity index (χ3n) is 0.889. The molecule has 0 saturated heterocycles. The fourth-order valence-corrected chi connectivity index (χ4v) is 1.27. The van der Waals surface area contributed by atoms with Crippen LogP contribution in [0.5, 0.6) is 0 Å². The molecule has 0 aromatic rings. The van der Waals surface area contributed by atoms with Gasteiger partial charge >= 0.3 is 5.97 Å². The van der Waals surface area contributed by atoms with E-state index < -0.39 is 0 Å². The van der Waals surface area contributed by atoms with Crippen LogP contribution in [0.25, 0.3) is 0 Å². The lowest BCUT2D eigenvalue weighted by Crippen LogP contribution is -2.19. The molecule has 0 amide bonds. The molecule has 0 aliphatic rings. The Morgan fingerprint density at radius 2 is 2.44 bits per heavy atom. The number of alkyl halides is 1. The molecular formula is C5H9ClO2S. The zero-order valence-corrected chi connectivity index (χ0v) is 6.96. The van der Waals surface area contributed by atoms with Crippen molar-refractivity contribution in [3.63, 3.8) is 0 Å². The van der Waals surface area contributed by atoms with Gasteiger partial charge in [0.15, 0.2) is 0 Å². The average molecular weight is 169 g/mol. The second-order valence-corrected chi connectivity index (χ2v) is 2.75. The molecule has 1 atom stereocenters. The highest BCUT2D eigenvalue weighted by atomic mass is 35.5. The van der Waals surface area contributed by atoms with Gasteiger partial charge in [-0.15, -0.1) is 23.4 Å². The molecule has 0 saturated carbocycles. The summed E-state index contributed by atoms with van der Waals surface area (Å²) in [5.74, 6) is 0.0610. The van der Waals surface area contributed by atoms with Gasteiger partial charge in [-0.2, -0.15) is 0 Å². The van der Waals surface area contributed by atoms with Crippen molar-refractivity contribution in [2.75, 3.05) is 19.2 Å². The maximum Gasteiger partial charge on any atom is 0.319 e. The molecule has 0 spiro atoms. The summed E-state index contributed by atoms with van der Waals surface area (Å²) >= 11 is 6.82. The number of carbonyl (C=O) groups excluding carboxylic acids is 1. The number of methoxy groups -OCH3 is 1. The Labute approximate surface area is 63.9 Å². The van der Waals surface area contributed by atoms with E-state index in [1.165, 1.54) is 18.9 Å². The van der Waals surface area contributed by atoms with Gasteiger partial charge in [0, 0.05) is 5.88 Å². The van der Waals surface area contributed by atoms with E-state index >= 15 is 0 Å². The molecule has 1 unspecified atom stereocenters. The van der Waals surface area contributed by atoms with Crippen LogP contribution in [0.1, 0.15) is 0 Å². The van der Waals surface area contributed by atoms with Crippen LogP contribution in [0, 0.1) is 0 Å². The highest BCUT2D eigenvalue weighted by Gasteiger charge is 2.15. The van der Waals surface area contributed by atoms with Gasteiger partial charge in [-0.05, 0) is 6.26 Å². The number of esters is 1. The van der Waals surface area contributed by atoms with Gasteiger partial charge in [-0.3, -0.25) is 4.79 Å². The number of hydrogen-bond donors (Lipinski definition) is 0. The molecule has 9 heavy (non-hydrogen) atoms. The molecule has 0 aromatic heterocycles. The van der Waals surface area contributed by atoms with Crippen molar-refractivity contribution in [2.24, 2.45) is 0 Å². The summed E-state index contributed by atoms with van der Waals surface area (Å²) in [5.41, 5.74) is 0. The number of thioether (sulfide) groups is 1. The monoisotopic (exact) mass is 168 g/mol. The first-order valence-corrected chi connectivity index (χ1v) is 4.25. The van der Waals surface area contributed by atoms with Crippen LogP contribution >= 0.6 is 23.4 Å². The van der Waals surface area contributed by atoms with Crippen molar-refractivity contribution >= 4 is 29.3 Å². The fourth-order valence-electron chi connectivity index (χ4n) is 0.354. The van der Waals surface area contributed by atoms with Crippen molar-refractivity contribution in [1.82, 2.24) is 0 Å². The van der Waals surface area contributed by atoms with Crippen molar-refractivity contribution in [1.29, 1.82) is 0 Å². The molecule has 0 rings (SSSR count). The summed E-state index contributed by atoms with van der Waals surface area (Å²) < 4.78 is 4.45. The zero-order valence-electron chi connectivity index (χ0n) is 5.39. The summed E-state index contributed by atoms with van der Waals surface area (Å²) in [5, 5.41) is -0.211. The van der Waals surface area contributed by atoms with Gasteiger partial charge in [0.2, 0.25) is 0 Å². The van der Waals surface area contributed by atoms with Gasteiger partial charge in [0.05, 0.1) is 7.11 Å². The van der Waals surface area contributed by atoms with Crippen LogP contribution in [0.2, 0.25) is 0 Å². The summed E-state index contributed by atoms with van der Waals surface area (Å²) in [6.07, 6.45) is 1.82. The molecule has 0 fully saturated rings. The molecule has 4 heteroatoms. The van der Waals surface area contributed by atoms with Crippen LogP contribution in [-0.2, 0) is 9.53 Å². The number of ether oxygens (including phenoxy) is 1. The number of carbonyl (C=O) groups is 1. The van der Waals surface area contributed by atoms with Crippen LogP contribution in [0.3, 0.4) is 0 Å². The predicted octanol–water partition coefficient (Wildman–Crippen LogP) is 1.13. The standard InChI is InChI=1S/C5H9ClO2S/c1-8-5(7)4(3-6)9-2/h4H,3H2,1-2H3. The average Bonchev–Trinajstić information content (AvgIpc) is 1.90. The molecule has 0 aliphatic carbocycles. The third kappa shape index (κ3) is 2.96. The second-order valence-electron chi connectivity index (χ2n) is 1.40. The Balaban J connectivity index is 3.64. The quantitative estimate of drug-likeness (QED) is 0.467. The minimum Gasteiger partial charge on any atom is -0.468 e. The fraction of sp³-hybridized carbons (Fsp3) is 0.800. The topological polar surface area (TPSA) is 26.3 Å². The summed E-state index contributed by atoms with van der Waals surface area (Å²) in [7, 11) is 1.36. The molecule has 0 radical (unpaired) electrons. The Bertz CT molecular complexity index is 93.0. The van der Waals surface area contributed by atoms with Crippen LogP contribution < -0.4 is 0 Å². The largest absolute Gasteiger partial charge is 0.468 e. The van der Waals surface area contributed by atoms with Crippen molar-refractivity contribution in [3.8, 4) is 0 Å². The van der Waals surface area contributed by atoms with Crippen LogP contribution in [0.4, 0.5) is 0 Å². The maximum atomic E-state index is 10.6. The normalized spacial score (nSPS) is 12.8. The van der Waals surface area contributed by atoms with E-state index in [4.69, 9.17) is 11.6 Å². The first-order valence-electron chi connectivity index (χ1n) is 2.42. The molecule has 0 heterocycles. The van der Waals surface area contributed by atoms with E-state index in [2.05, 4.69) is 4.74 Å². The van der Waals surface area contributed by atoms with Gasteiger partial charge in [0.1, 0.15) is 5.25 Å². The number of halogens is 1. The summed E-state index contributed by atoms with van der Waals surface area (Å²) in [6.45, 7) is 0. The highest BCUT2D eigenvalue weighted by molar-refractivity contribution is 8.00. The second kappa shape index (κ2) is 4.94. The van der Waals surface area contributed by atoms with Gasteiger partial charge in [-0.25, -0.2) is 0 Å². The zero-order chi connectivity index (χ0) is 7.28. The van der Waals surface area contributed by atoms with Crippen molar-refractivity contribution < 1.29 is 9.53 Å². The number of rotatable bonds is 3. The maximum absolute atomic E-state index is 10.6. The minimum absolute atomic E-state index is 0.211. The molecule has 0 aliphatic heterocycles. The van der Waals surface area contributed by atoms with Crippen LogP contribution in [-0.4, -0.2) is 30.5 Å². The first-order chi connectivity index (χ1) is 4.26. The lowest BCUT2D eigenvalue weighted by molar-refractivity contribution is -0.139. The van der Waals surface area contributed by atoms with Crippen LogP contribution in [0.15, 0.2) is 0 Å². The molecule has 0 aromatic carbocycles. The molecule has 2 nitrogen and oxygen atoms in total. The van der Waals surface area contributed by atoms with Gasteiger partial charge in [-0.1, -0.05) is 0 Å². The lowest BCUT2D eigenvalue weighted by Gasteiger charge is -2.05. The first kappa shape index (κ1) is 9.11. The SMILES string of the molecule is COC(=O)C(CCl)SC. The van der Waals surface area contributed by atoms with E-state index in [9.17, 15) is 4.79 Å². The summed E-state index contributed by atoms with van der Waals surface area (Å²) in [4.78, 5) is 10.6. The van der Waals surface area contributed by atoms with Gasteiger partial charge < -0.3 is 4.74 Å². The van der Waals surface area contributed by atoms with E-state index in [0.717, 1.165) is 0 Å². The van der Waals surface area contributed by atoms with E-state index in [1.807, 2.05) is 6.26 Å². The molecule has 0 N–H and O–H groups in total. The van der Waals surface area contributed by atoms with Crippen molar-refractivity contribution in [2.45, 2.75) is 5.25 Å². The lowest BCUT2D eigenvalue weighted by atomic mass is 10.5. The molecule has 0 bridgehead atoms. The number of hydrogen-bond acceptors (Lipinski definition) is 3. The molecule has 54 valence electrons. The van der Waals surface area contributed by atoms with Gasteiger partial charge in [0.25, 0.3) is 0 Å². The van der Waals surface area contributed by atoms with E-state index in [1.54, 1.807) is 0 Å². The summed E-state index contributed by atoms with van der Waals surface area (Å²) in [6, 6.07) is 0. The highest BCUT2D eigenvalue weighted by Crippen LogP contribution is 2.09. The smallest absolute Gasteiger partial charge is 0.319 e. The third-order valence-corrected chi connectivity index (χ3v) is 2.31. The predicted molar refractivity (Wildman–Crippen MR) is 40.0 cm³/mol. The van der Waals surface area contributed by atoms with Crippen molar-refractivity contribution in [3.05, 3.63) is 0 Å². The Morgan fingerprint density at radius 1 is 1.89 bits per heavy atom. The van der Waals surface area contributed by atoms with E-state index in [0.29, 0.717) is 5.88 Å². The Kier molecular flexibility index (Phi) is 5.00. The molecular weight excluding hydrogens is 160 g/mol.